The summed E-state index contributed by atoms with van der Waals surface area (Å²) in [5.41, 5.74) is 0.495. The third kappa shape index (κ3) is 5.88. The largest absolute Gasteiger partial charge is 0.484 e. The summed E-state index contributed by atoms with van der Waals surface area (Å²) in [4.78, 5) is 12.0. The standard InChI is InChI=1S/C17H18Cl2N2O4S/c1-11(2)21-26(23,24)14-6-4-13(5-7-14)25-10-17(22)20-12-3-8-15(18)16(19)9-12/h3-9,11,21H,10H2,1-2H3,(H,20,22). The van der Waals surface area contributed by atoms with Gasteiger partial charge in [-0.15, -0.1) is 0 Å². The molecular formula is C17H18Cl2N2O4S. The molecule has 140 valence electrons. The number of anilines is 1. The van der Waals surface area contributed by atoms with E-state index in [1.165, 1.54) is 30.3 Å². The third-order valence-corrected chi connectivity index (χ3v) is 5.51. The van der Waals surface area contributed by atoms with E-state index in [1.807, 2.05) is 0 Å². The molecule has 0 unspecified atom stereocenters. The number of amides is 1. The quantitative estimate of drug-likeness (QED) is 0.720. The zero-order chi connectivity index (χ0) is 19.3. The highest BCUT2D eigenvalue weighted by Crippen LogP contribution is 2.25. The van der Waals surface area contributed by atoms with Crippen LogP contribution < -0.4 is 14.8 Å². The van der Waals surface area contributed by atoms with E-state index < -0.39 is 10.0 Å². The first-order valence-corrected chi connectivity index (χ1v) is 9.91. The SMILES string of the molecule is CC(C)NS(=O)(=O)c1ccc(OCC(=O)Nc2ccc(Cl)c(Cl)c2)cc1. The normalized spacial score (nSPS) is 11.4. The van der Waals surface area contributed by atoms with Gasteiger partial charge in [0.25, 0.3) is 5.91 Å². The highest BCUT2D eigenvalue weighted by atomic mass is 35.5. The predicted molar refractivity (Wildman–Crippen MR) is 102 cm³/mol. The van der Waals surface area contributed by atoms with Crippen LogP contribution in [0.3, 0.4) is 0 Å². The Morgan fingerprint density at radius 2 is 1.73 bits per heavy atom. The number of carbonyl (C=O) groups excluding carboxylic acids is 1. The zero-order valence-electron chi connectivity index (χ0n) is 14.1. The maximum atomic E-state index is 12.0. The van der Waals surface area contributed by atoms with Crippen LogP contribution in [0.1, 0.15) is 13.8 Å². The minimum Gasteiger partial charge on any atom is -0.484 e. The smallest absolute Gasteiger partial charge is 0.262 e. The van der Waals surface area contributed by atoms with Crippen molar-refractivity contribution in [3.8, 4) is 5.75 Å². The minimum absolute atomic E-state index is 0.124. The van der Waals surface area contributed by atoms with Crippen molar-refractivity contribution in [3.63, 3.8) is 0 Å². The van der Waals surface area contributed by atoms with Crippen molar-refractivity contribution in [2.75, 3.05) is 11.9 Å². The van der Waals surface area contributed by atoms with Crippen molar-refractivity contribution >= 4 is 44.8 Å². The molecule has 0 saturated heterocycles. The number of nitrogens with one attached hydrogen (secondary N) is 2. The molecule has 0 bridgehead atoms. The lowest BCUT2D eigenvalue weighted by atomic mass is 10.3. The summed E-state index contributed by atoms with van der Waals surface area (Å²) in [5, 5.41) is 3.35. The number of halogens is 2. The van der Waals surface area contributed by atoms with Gasteiger partial charge in [-0.3, -0.25) is 4.79 Å². The molecule has 0 fully saturated rings. The summed E-state index contributed by atoms with van der Waals surface area (Å²) in [6.45, 7) is 3.24. The summed E-state index contributed by atoms with van der Waals surface area (Å²) in [6, 6.07) is 10.3. The maximum Gasteiger partial charge on any atom is 0.262 e. The fourth-order valence-electron chi connectivity index (χ4n) is 2.01. The molecule has 0 spiro atoms. The lowest BCUT2D eigenvalue weighted by molar-refractivity contribution is -0.118. The second-order valence-electron chi connectivity index (χ2n) is 5.71. The Kier molecular flexibility index (Phi) is 6.88. The summed E-state index contributed by atoms with van der Waals surface area (Å²) in [7, 11) is -3.56. The molecule has 0 saturated carbocycles. The van der Waals surface area contributed by atoms with Crippen LogP contribution in [-0.4, -0.2) is 27.0 Å². The van der Waals surface area contributed by atoms with Crippen LogP contribution in [0.15, 0.2) is 47.4 Å². The van der Waals surface area contributed by atoms with E-state index in [1.54, 1.807) is 26.0 Å². The second kappa shape index (κ2) is 8.73. The Morgan fingerprint density at radius 3 is 2.31 bits per heavy atom. The molecule has 9 heteroatoms. The van der Waals surface area contributed by atoms with E-state index in [4.69, 9.17) is 27.9 Å². The number of hydrogen-bond acceptors (Lipinski definition) is 4. The monoisotopic (exact) mass is 416 g/mol. The molecule has 2 aromatic rings. The maximum absolute atomic E-state index is 12.0. The molecule has 0 aliphatic carbocycles. The molecule has 6 nitrogen and oxygen atoms in total. The van der Waals surface area contributed by atoms with Gasteiger partial charge in [0.05, 0.1) is 14.9 Å². The van der Waals surface area contributed by atoms with Gasteiger partial charge in [0.2, 0.25) is 10.0 Å². The summed E-state index contributed by atoms with van der Waals surface area (Å²) >= 11 is 11.7. The molecule has 0 aliphatic heterocycles. The first-order valence-electron chi connectivity index (χ1n) is 7.67. The number of rotatable bonds is 7. The lowest BCUT2D eigenvalue weighted by Crippen LogP contribution is -2.30. The van der Waals surface area contributed by atoms with Crippen LogP contribution in [0.4, 0.5) is 5.69 Å². The van der Waals surface area contributed by atoms with Crippen molar-refractivity contribution in [1.29, 1.82) is 0 Å². The van der Waals surface area contributed by atoms with Gasteiger partial charge in [0.15, 0.2) is 6.61 Å². The van der Waals surface area contributed by atoms with Gasteiger partial charge < -0.3 is 10.1 Å². The summed E-state index contributed by atoms with van der Waals surface area (Å²) in [6.07, 6.45) is 0. The van der Waals surface area contributed by atoms with E-state index in [-0.39, 0.29) is 23.5 Å². The number of sulfonamides is 1. The van der Waals surface area contributed by atoms with Gasteiger partial charge in [0, 0.05) is 11.7 Å². The molecule has 0 heterocycles. The van der Waals surface area contributed by atoms with Crippen molar-refractivity contribution in [2.45, 2.75) is 24.8 Å². The molecule has 0 radical (unpaired) electrons. The van der Waals surface area contributed by atoms with Gasteiger partial charge in [-0.2, -0.15) is 0 Å². The lowest BCUT2D eigenvalue weighted by Gasteiger charge is -2.11. The second-order valence-corrected chi connectivity index (χ2v) is 8.24. The highest BCUT2D eigenvalue weighted by Gasteiger charge is 2.15. The van der Waals surface area contributed by atoms with Crippen LogP contribution in [-0.2, 0) is 14.8 Å². The first kappa shape index (κ1) is 20.5. The van der Waals surface area contributed by atoms with Crippen molar-refractivity contribution in [3.05, 3.63) is 52.5 Å². The van der Waals surface area contributed by atoms with Gasteiger partial charge in [0.1, 0.15) is 5.75 Å². The molecule has 0 atom stereocenters. The zero-order valence-corrected chi connectivity index (χ0v) is 16.5. The third-order valence-electron chi connectivity index (χ3n) is 3.10. The fraction of sp³-hybridized carbons (Fsp3) is 0.235. The van der Waals surface area contributed by atoms with Crippen molar-refractivity contribution < 1.29 is 17.9 Å². The number of hydrogen-bond donors (Lipinski definition) is 2. The summed E-state index contributed by atoms with van der Waals surface area (Å²) < 4.78 is 31.9. The van der Waals surface area contributed by atoms with Gasteiger partial charge in [-0.05, 0) is 56.3 Å². The Bertz CT molecular complexity index is 884. The Hall–Kier alpha value is -1.80. The first-order chi connectivity index (χ1) is 12.2. The van der Waals surface area contributed by atoms with E-state index in [0.717, 1.165) is 0 Å². The van der Waals surface area contributed by atoms with Crippen molar-refractivity contribution in [2.24, 2.45) is 0 Å². The molecule has 2 N–H and O–H groups in total. The average molecular weight is 417 g/mol. The Balaban J connectivity index is 1.93. The topological polar surface area (TPSA) is 84.5 Å². The average Bonchev–Trinajstić information content (AvgIpc) is 2.55. The minimum atomic E-state index is -3.56. The van der Waals surface area contributed by atoms with Crippen LogP contribution in [0, 0.1) is 0 Å². The molecule has 2 rings (SSSR count). The van der Waals surface area contributed by atoms with Crippen LogP contribution >= 0.6 is 23.2 Å². The summed E-state index contributed by atoms with van der Waals surface area (Å²) in [5.74, 6) is -0.0145. The van der Waals surface area contributed by atoms with Crippen LogP contribution in [0.25, 0.3) is 0 Å². The Labute approximate surface area is 162 Å². The van der Waals surface area contributed by atoms with Gasteiger partial charge in [-0.25, -0.2) is 13.1 Å². The van der Waals surface area contributed by atoms with Gasteiger partial charge >= 0.3 is 0 Å². The molecule has 1 amide bonds. The van der Waals surface area contributed by atoms with E-state index in [0.29, 0.717) is 21.5 Å². The molecule has 0 aliphatic rings. The van der Waals surface area contributed by atoms with E-state index >= 15 is 0 Å². The number of benzene rings is 2. The molecule has 26 heavy (non-hydrogen) atoms. The fourth-order valence-corrected chi connectivity index (χ4v) is 3.56. The van der Waals surface area contributed by atoms with E-state index in [2.05, 4.69) is 10.0 Å². The number of carbonyl (C=O) groups is 1. The van der Waals surface area contributed by atoms with Gasteiger partial charge in [-0.1, -0.05) is 23.2 Å². The highest BCUT2D eigenvalue weighted by molar-refractivity contribution is 7.89. The van der Waals surface area contributed by atoms with Crippen LogP contribution in [0.5, 0.6) is 5.75 Å². The molecular weight excluding hydrogens is 399 g/mol. The van der Waals surface area contributed by atoms with E-state index in [9.17, 15) is 13.2 Å². The van der Waals surface area contributed by atoms with Crippen LogP contribution in [0.2, 0.25) is 10.0 Å². The number of ether oxygens (including phenoxy) is 1. The Morgan fingerprint density at radius 1 is 1.08 bits per heavy atom. The van der Waals surface area contributed by atoms with Crippen molar-refractivity contribution in [1.82, 2.24) is 4.72 Å². The molecule has 2 aromatic carbocycles. The molecule has 0 aromatic heterocycles. The predicted octanol–water partition coefficient (Wildman–Crippen LogP) is 3.70.